The van der Waals surface area contributed by atoms with Crippen molar-refractivity contribution >= 4 is 43.7 Å². The Kier molecular flexibility index (Phi) is 6.97. The van der Waals surface area contributed by atoms with Gasteiger partial charge in [0.25, 0.3) is 0 Å². The molecule has 0 fully saturated rings. The summed E-state index contributed by atoms with van der Waals surface area (Å²) < 4.78 is 8.50. The highest BCUT2D eigenvalue weighted by molar-refractivity contribution is 6.10. The van der Waals surface area contributed by atoms with E-state index in [0.717, 1.165) is 60.4 Å². The van der Waals surface area contributed by atoms with Crippen LogP contribution in [0.15, 0.2) is 211 Å². The molecule has 5 heteroatoms. The molecule has 2 aliphatic carbocycles. The predicted octanol–water partition coefficient (Wildman–Crippen LogP) is 14.2. The van der Waals surface area contributed by atoms with E-state index in [0.29, 0.717) is 17.6 Å². The molecule has 0 bridgehead atoms. The fourth-order valence-corrected chi connectivity index (χ4v) is 10.8. The van der Waals surface area contributed by atoms with Crippen LogP contribution in [0.4, 0.5) is 0 Å². The van der Waals surface area contributed by atoms with Crippen molar-refractivity contribution in [3.05, 3.63) is 229 Å². The van der Waals surface area contributed by atoms with Gasteiger partial charge < -0.3 is 4.42 Å². The molecule has 292 valence electrons. The Bertz CT molecular complexity index is 3810. The molecule has 2 aliphatic rings. The number of furan rings is 1. The highest BCUT2D eigenvalue weighted by atomic mass is 16.3. The molecule has 3 heterocycles. The lowest BCUT2D eigenvalue weighted by Gasteiger charge is -2.30. The minimum atomic E-state index is -0.406. The van der Waals surface area contributed by atoms with Crippen LogP contribution in [0.5, 0.6) is 0 Å². The SMILES string of the molecule is c1ccc(-c2nc(-c3ccc4c(c3)oc3ccccc34)nc(-n3c4ccccc4c4cc(-c5ccc6c(c5)C5(c7ccccc7-c7ccccc75)c5ccccc5-6)ccc43)n2)cc1. The van der Waals surface area contributed by atoms with Crippen molar-refractivity contribution in [1.82, 2.24) is 19.5 Å². The molecule has 14 rings (SSSR count). The Morgan fingerprint density at radius 3 is 1.62 bits per heavy atom. The highest BCUT2D eigenvalue weighted by Crippen LogP contribution is 2.63. The summed E-state index contributed by atoms with van der Waals surface area (Å²) in [6, 6.07) is 73.9. The van der Waals surface area contributed by atoms with Crippen LogP contribution in [-0.2, 0) is 5.41 Å². The summed E-state index contributed by atoms with van der Waals surface area (Å²) in [7, 11) is 0. The molecule has 5 nitrogen and oxygen atoms in total. The summed E-state index contributed by atoms with van der Waals surface area (Å²) in [5, 5.41) is 4.41. The molecule has 12 aromatic rings. The number of hydrogen-bond donors (Lipinski definition) is 0. The Hall–Kier alpha value is -8.41. The van der Waals surface area contributed by atoms with Crippen LogP contribution in [0.2, 0.25) is 0 Å². The zero-order chi connectivity index (χ0) is 41.2. The minimum Gasteiger partial charge on any atom is -0.456 e. The molecule has 9 aromatic carbocycles. The summed E-state index contributed by atoms with van der Waals surface area (Å²) in [6.45, 7) is 0. The van der Waals surface area contributed by atoms with Gasteiger partial charge in [0.05, 0.1) is 16.4 Å². The maximum atomic E-state index is 6.32. The molecule has 1 spiro atoms. The first kappa shape index (κ1) is 34.3. The molecule has 63 heavy (non-hydrogen) atoms. The normalized spacial score (nSPS) is 13.2. The van der Waals surface area contributed by atoms with Gasteiger partial charge in [-0.25, -0.2) is 4.98 Å². The quantitative estimate of drug-likeness (QED) is 0.178. The second kappa shape index (κ2) is 12.8. The summed E-state index contributed by atoms with van der Waals surface area (Å²) >= 11 is 0. The van der Waals surface area contributed by atoms with Gasteiger partial charge in [-0.3, -0.25) is 4.57 Å². The Morgan fingerprint density at radius 2 is 0.873 bits per heavy atom. The summed E-state index contributed by atoms with van der Waals surface area (Å²) in [6.07, 6.45) is 0. The number of fused-ring (bicyclic) bond motifs is 16. The van der Waals surface area contributed by atoms with Gasteiger partial charge in [-0.2, -0.15) is 9.97 Å². The third-order valence-electron chi connectivity index (χ3n) is 13.5. The number of para-hydroxylation sites is 2. The third-order valence-corrected chi connectivity index (χ3v) is 13.5. The molecule has 0 atom stereocenters. The van der Waals surface area contributed by atoms with Crippen LogP contribution in [0.3, 0.4) is 0 Å². The van der Waals surface area contributed by atoms with Crippen LogP contribution >= 0.6 is 0 Å². The van der Waals surface area contributed by atoms with E-state index in [1.54, 1.807) is 0 Å². The lowest BCUT2D eigenvalue weighted by Crippen LogP contribution is -2.25. The van der Waals surface area contributed by atoms with Gasteiger partial charge in [-0.15, -0.1) is 0 Å². The molecule has 0 unspecified atom stereocenters. The average molecular weight is 803 g/mol. The van der Waals surface area contributed by atoms with Gasteiger partial charge in [-0.05, 0) is 98.1 Å². The highest BCUT2D eigenvalue weighted by Gasteiger charge is 2.51. The first-order valence-corrected chi connectivity index (χ1v) is 21.4. The molecule has 0 saturated heterocycles. The van der Waals surface area contributed by atoms with Crippen molar-refractivity contribution in [1.29, 1.82) is 0 Å². The van der Waals surface area contributed by atoms with E-state index in [-0.39, 0.29) is 0 Å². The van der Waals surface area contributed by atoms with Gasteiger partial charge in [0.15, 0.2) is 11.6 Å². The molecular weight excluding hydrogens is 769 g/mol. The summed E-state index contributed by atoms with van der Waals surface area (Å²) in [4.78, 5) is 15.5. The van der Waals surface area contributed by atoms with Gasteiger partial charge in [-0.1, -0.05) is 164 Å². The van der Waals surface area contributed by atoms with Gasteiger partial charge >= 0.3 is 0 Å². The minimum absolute atomic E-state index is 0.406. The van der Waals surface area contributed by atoms with E-state index in [1.165, 1.54) is 50.1 Å². The Labute approximate surface area is 362 Å². The van der Waals surface area contributed by atoms with Crippen LogP contribution in [0.25, 0.3) is 106 Å². The molecule has 0 amide bonds. The van der Waals surface area contributed by atoms with E-state index in [4.69, 9.17) is 19.4 Å². The van der Waals surface area contributed by atoms with Crippen molar-refractivity contribution < 1.29 is 4.42 Å². The van der Waals surface area contributed by atoms with Gasteiger partial charge in [0, 0.05) is 32.7 Å². The second-order valence-electron chi connectivity index (χ2n) is 16.7. The average Bonchev–Trinajstić information content (AvgIpc) is 4.07. The first-order valence-electron chi connectivity index (χ1n) is 21.4. The molecule has 3 aromatic heterocycles. The first-order chi connectivity index (χ1) is 31.2. The standard InChI is InChI=1S/C58H34N4O/c1-2-14-35(15-3-1)55-59-56(38-27-30-45-44-20-8-13-25-53(44)63-54(45)34-38)61-57(60-55)62-51-24-12-7-19-43(51)46-32-36(28-31-52(46)62)37-26-29-42-41-18-6-11-23-49(41)58(50(42)33-37)47-21-9-4-16-39(47)40-17-5-10-22-48(40)58/h1-34H. The number of aromatic nitrogens is 4. The Balaban J connectivity index is 0.960. The number of nitrogens with zero attached hydrogens (tertiary/aromatic N) is 4. The van der Waals surface area contributed by atoms with Crippen LogP contribution in [0.1, 0.15) is 22.3 Å². The maximum absolute atomic E-state index is 6.32. The topological polar surface area (TPSA) is 56.7 Å². The molecule has 0 radical (unpaired) electrons. The zero-order valence-electron chi connectivity index (χ0n) is 33.8. The third kappa shape index (κ3) is 4.73. The van der Waals surface area contributed by atoms with E-state index in [2.05, 4.69) is 156 Å². The molecular formula is C58H34N4O. The predicted molar refractivity (Wildman–Crippen MR) is 254 cm³/mol. The zero-order valence-corrected chi connectivity index (χ0v) is 33.8. The smallest absolute Gasteiger partial charge is 0.238 e. The molecule has 0 aliphatic heterocycles. The van der Waals surface area contributed by atoms with E-state index >= 15 is 0 Å². The van der Waals surface area contributed by atoms with E-state index < -0.39 is 5.41 Å². The molecule has 0 saturated carbocycles. The fraction of sp³-hybridized carbons (Fsp3) is 0.0172. The largest absolute Gasteiger partial charge is 0.456 e. The van der Waals surface area contributed by atoms with Crippen molar-refractivity contribution in [3.8, 4) is 62.1 Å². The van der Waals surface area contributed by atoms with Crippen LogP contribution < -0.4 is 0 Å². The summed E-state index contributed by atoms with van der Waals surface area (Å²) in [5.74, 6) is 1.73. The lowest BCUT2D eigenvalue weighted by molar-refractivity contribution is 0.669. The number of hydrogen-bond acceptors (Lipinski definition) is 4. The van der Waals surface area contributed by atoms with Gasteiger partial charge in [0.2, 0.25) is 5.95 Å². The van der Waals surface area contributed by atoms with Crippen molar-refractivity contribution in [2.45, 2.75) is 5.41 Å². The summed E-state index contributed by atoms with van der Waals surface area (Å²) in [5.41, 5.74) is 18.0. The van der Waals surface area contributed by atoms with Crippen LogP contribution in [-0.4, -0.2) is 19.5 Å². The monoisotopic (exact) mass is 802 g/mol. The van der Waals surface area contributed by atoms with Crippen molar-refractivity contribution in [2.24, 2.45) is 0 Å². The Morgan fingerprint density at radius 1 is 0.333 bits per heavy atom. The number of rotatable bonds is 4. The number of benzene rings is 9. The van der Waals surface area contributed by atoms with Gasteiger partial charge in [0.1, 0.15) is 11.2 Å². The maximum Gasteiger partial charge on any atom is 0.238 e. The van der Waals surface area contributed by atoms with Crippen molar-refractivity contribution in [2.75, 3.05) is 0 Å². The van der Waals surface area contributed by atoms with E-state index in [1.807, 2.05) is 54.6 Å². The molecule has 0 N–H and O–H groups in total. The second-order valence-corrected chi connectivity index (χ2v) is 16.7. The van der Waals surface area contributed by atoms with Crippen LogP contribution in [0, 0.1) is 0 Å². The fourth-order valence-electron chi connectivity index (χ4n) is 10.8. The lowest BCUT2D eigenvalue weighted by atomic mass is 9.70. The van der Waals surface area contributed by atoms with E-state index in [9.17, 15) is 0 Å². The van der Waals surface area contributed by atoms with Crippen molar-refractivity contribution in [3.63, 3.8) is 0 Å².